The van der Waals surface area contributed by atoms with Crippen molar-refractivity contribution in [1.29, 1.82) is 0 Å². The molecule has 0 bridgehead atoms. The van der Waals surface area contributed by atoms with Crippen LogP contribution < -0.4 is 10.5 Å². The maximum absolute atomic E-state index is 12.8. The van der Waals surface area contributed by atoms with E-state index in [0.717, 1.165) is 12.1 Å². The van der Waals surface area contributed by atoms with E-state index in [9.17, 15) is 17.6 Å². The van der Waals surface area contributed by atoms with Crippen molar-refractivity contribution in [1.82, 2.24) is 0 Å². The Kier molecular flexibility index (Phi) is 3.74. The highest BCUT2D eigenvalue weighted by Crippen LogP contribution is 2.25. The van der Waals surface area contributed by atoms with Crippen molar-refractivity contribution < 1.29 is 22.3 Å². The molecule has 2 nitrogen and oxygen atoms in total. The Morgan fingerprint density at radius 1 is 1.38 bits per heavy atom. The maximum Gasteiger partial charge on any atom is 0.426 e. The van der Waals surface area contributed by atoms with Crippen molar-refractivity contribution in [3.63, 3.8) is 0 Å². The third kappa shape index (κ3) is 3.10. The lowest BCUT2D eigenvalue weighted by Crippen LogP contribution is -2.40. The van der Waals surface area contributed by atoms with E-state index in [1.54, 1.807) is 0 Å². The molecule has 6 heteroatoms. The zero-order valence-corrected chi connectivity index (χ0v) is 8.51. The van der Waals surface area contributed by atoms with Gasteiger partial charge in [0.2, 0.25) is 6.10 Å². The Morgan fingerprint density at radius 2 is 2.00 bits per heavy atom. The second-order valence-electron chi connectivity index (χ2n) is 3.29. The quantitative estimate of drug-likeness (QED) is 0.819. The number of halogens is 4. The Bertz CT molecular complexity index is 364. The molecule has 0 aliphatic carbocycles. The van der Waals surface area contributed by atoms with Gasteiger partial charge in [0.1, 0.15) is 11.6 Å². The number of hydrogen-bond donors (Lipinski definition) is 1. The minimum Gasteiger partial charge on any atom is -0.480 e. The van der Waals surface area contributed by atoms with Crippen LogP contribution in [0.4, 0.5) is 17.6 Å². The lowest BCUT2D eigenvalue weighted by molar-refractivity contribution is -0.191. The Morgan fingerprint density at radius 3 is 2.44 bits per heavy atom. The van der Waals surface area contributed by atoms with Gasteiger partial charge in [0.15, 0.2) is 0 Å². The first-order valence-corrected chi connectivity index (χ1v) is 4.54. The van der Waals surface area contributed by atoms with Crippen LogP contribution in [-0.4, -0.2) is 18.8 Å². The fraction of sp³-hybridized carbons (Fsp3) is 0.400. The van der Waals surface area contributed by atoms with Gasteiger partial charge in [0.05, 0.1) is 0 Å². The average Bonchev–Trinajstić information content (AvgIpc) is 2.18. The van der Waals surface area contributed by atoms with Crippen molar-refractivity contribution in [2.75, 3.05) is 6.54 Å². The van der Waals surface area contributed by atoms with Crippen LogP contribution in [0.3, 0.4) is 0 Å². The molecule has 1 rings (SSSR count). The summed E-state index contributed by atoms with van der Waals surface area (Å²) in [6.07, 6.45) is -6.60. The van der Waals surface area contributed by atoms with E-state index >= 15 is 0 Å². The Balaban J connectivity index is 2.83. The molecular weight excluding hydrogens is 226 g/mol. The number of rotatable bonds is 3. The highest BCUT2D eigenvalue weighted by atomic mass is 19.4. The minimum absolute atomic E-state index is 0.0494. The molecule has 0 radical (unpaired) electrons. The summed E-state index contributed by atoms with van der Waals surface area (Å²) in [6, 6.07) is 3.38. The molecule has 16 heavy (non-hydrogen) atoms. The molecule has 0 amide bonds. The molecule has 1 unspecified atom stereocenters. The molecule has 0 spiro atoms. The van der Waals surface area contributed by atoms with Crippen LogP contribution in [0.15, 0.2) is 18.2 Å². The van der Waals surface area contributed by atoms with Crippen LogP contribution in [0.5, 0.6) is 5.75 Å². The standard InChI is InChI=1S/C10H11F4NO/c1-6-4-7(2-3-8(6)11)16-9(5-15)10(12,13)14/h2-4,9H,5,15H2,1H3. The van der Waals surface area contributed by atoms with Gasteiger partial charge in [-0.05, 0) is 30.7 Å². The van der Waals surface area contributed by atoms with E-state index in [0.29, 0.717) is 0 Å². The van der Waals surface area contributed by atoms with Gasteiger partial charge in [0, 0.05) is 6.54 Å². The molecule has 0 aliphatic heterocycles. The molecule has 1 atom stereocenters. The topological polar surface area (TPSA) is 35.2 Å². The third-order valence-corrected chi connectivity index (χ3v) is 1.99. The molecule has 0 fully saturated rings. The smallest absolute Gasteiger partial charge is 0.426 e. The maximum atomic E-state index is 12.8. The molecule has 0 aliphatic rings. The van der Waals surface area contributed by atoms with Gasteiger partial charge in [-0.2, -0.15) is 13.2 Å². The molecule has 0 saturated carbocycles. The second kappa shape index (κ2) is 4.69. The van der Waals surface area contributed by atoms with Crippen LogP contribution in [-0.2, 0) is 0 Å². The summed E-state index contributed by atoms with van der Waals surface area (Å²) in [5.74, 6) is -0.546. The summed E-state index contributed by atoms with van der Waals surface area (Å²) in [4.78, 5) is 0. The summed E-state index contributed by atoms with van der Waals surface area (Å²) >= 11 is 0. The fourth-order valence-corrected chi connectivity index (χ4v) is 1.10. The first kappa shape index (κ1) is 12.8. The molecular formula is C10H11F4NO. The predicted molar refractivity (Wildman–Crippen MR) is 50.7 cm³/mol. The van der Waals surface area contributed by atoms with Crippen LogP contribution in [0.2, 0.25) is 0 Å². The van der Waals surface area contributed by atoms with Crippen molar-refractivity contribution in [3.8, 4) is 5.75 Å². The van der Waals surface area contributed by atoms with E-state index < -0.39 is 24.6 Å². The molecule has 0 saturated heterocycles. The second-order valence-corrected chi connectivity index (χ2v) is 3.29. The van der Waals surface area contributed by atoms with Crippen molar-refractivity contribution in [2.24, 2.45) is 5.73 Å². The van der Waals surface area contributed by atoms with E-state index in [1.165, 1.54) is 13.0 Å². The van der Waals surface area contributed by atoms with Gasteiger partial charge in [-0.3, -0.25) is 0 Å². The molecule has 90 valence electrons. The summed E-state index contributed by atoms with van der Waals surface area (Å²) in [7, 11) is 0. The highest BCUT2D eigenvalue weighted by Gasteiger charge is 2.40. The zero-order chi connectivity index (χ0) is 12.3. The van der Waals surface area contributed by atoms with E-state index in [1.807, 2.05) is 0 Å². The summed E-state index contributed by atoms with van der Waals surface area (Å²) in [5.41, 5.74) is 5.17. The van der Waals surface area contributed by atoms with Gasteiger partial charge in [-0.25, -0.2) is 4.39 Å². The van der Waals surface area contributed by atoms with E-state index in [2.05, 4.69) is 4.74 Å². The van der Waals surface area contributed by atoms with Gasteiger partial charge >= 0.3 is 6.18 Å². The lowest BCUT2D eigenvalue weighted by Gasteiger charge is -2.20. The normalized spacial score (nSPS) is 13.6. The molecule has 2 N–H and O–H groups in total. The highest BCUT2D eigenvalue weighted by molar-refractivity contribution is 5.29. The number of ether oxygens (including phenoxy) is 1. The SMILES string of the molecule is Cc1cc(OC(CN)C(F)(F)F)ccc1F. The van der Waals surface area contributed by atoms with E-state index in [4.69, 9.17) is 5.73 Å². The van der Waals surface area contributed by atoms with Crippen LogP contribution in [0.25, 0.3) is 0 Å². The Labute approximate surface area is 90.0 Å². The van der Waals surface area contributed by atoms with Crippen LogP contribution >= 0.6 is 0 Å². The number of aryl methyl sites for hydroxylation is 1. The van der Waals surface area contributed by atoms with Gasteiger partial charge in [-0.1, -0.05) is 0 Å². The van der Waals surface area contributed by atoms with Crippen LogP contribution in [0, 0.1) is 12.7 Å². The molecule has 1 aromatic carbocycles. The van der Waals surface area contributed by atoms with E-state index in [-0.39, 0.29) is 11.3 Å². The number of hydrogen-bond acceptors (Lipinski definition) is 2. The number of alkyl halides is 3. The summed E-state index contributed by atoms with van der Waals surface area (Å²) < 4.78 is 54.4. The van der Waals surface area contributed by atoms with Gasteiger partial charge in [-0.15, -0.1) is 0 Å². The van der Waals surface area contributed by atoms with Crippen molar-refractivity contribution in [2.45, 2.75) is 19.2 Å². The zero-order valence-electron chi connectivity index (χ0n) is 8.51. The molecule has 1 aromatic rings. The predicted octanol–water partition coefficient (Wildman–Crippen LogP) is 2.40. The minimum atomic E-state index is -4.53. The van der Waals surface area contributed by atoms with Gasteiger partial charge in [0.25, 0.3) is 0 Å². The monoisotopic (exact) mass is 237 g/mol. The van der Waals surface area contributed by atoms with Gasteiger partial charge < -0.3 is 10.5 Å². The van der Waals surface area contributed by atoms with Crippen LogP contribution in [0.1, 0.15) is 5.56 Å². The number of nitrogens with two attached hydrogens (primary N) is 1. The van der Waals surface area contributed by atoms with Crippen molar-refractivity contribution in [3.05, 3.63) is 29.6 Å². The largest absolute Gasteiger partial charge is 0.480 e. The van der Waals surface area contributed by atoms with Crippen molar-refractivity contribution >= 4 is 0 Å². The third-order valence-electron chi connectivity index (χ3n) is 1.99. The fourth-order valence-electron chi connectivity index (χ4n) is 1.10. The summed E-state index contributed by atoms with van der Waals surface area (Å²) in [6.45, 7) is 0.757. The molecule has 0 heterocycles. The average molecular weight is 237 g/mol. The Hall–Kier alpha value is -1.30. The molecule has 0 aromatic heterocycles. The lowest BCUT2D eigenvalue weighted by atomic mass is 10.2. The first-order valence-electron chi connectivity index (χ1n) is 4.54. The first-order chi connectivity index (χ1) is 7.34. The summed E-state index contributed by atoms with van der Waals surface area (Å²) in [5, 5.41) is 0. The number of benzene rings is 1.